The summed E-state index contributed by atoms with van der Waals surface area (Å²) in [7, 11) is 1.31. The van der Waals surface area contributed by atoms with E-state index in [-0.39, 0.29) is 11.8 Å². The van der Waals surface area contributed by atoms with Crippen molar-refractivity contribution in [2.45, 2.75) is 19.8 Å². The zero-order valence-electron chi connectivity index (χ0n) is 14.7. The number of ether oxygens (including phenoxy) is 1. The van der Waals surface area contributed by atoms with Gasteiger partial charge in [0.05, 0.1) is 12.7 Å². The van der Waals surface area contributed by atoms with Crippen molar-refractivity contribution in [3.63, 3.8) is 0 Å². The second-order valence-corrected chi connectivity index (χ2v) is 6.00. The van der Waals surface area contributed by atoms with Crippen LogP contribution >= 0.6 is 0 Å². The smallest absolute Gasteiger partial charge is 0.337 e. The highest BCUT2D eigenvalue weighted by Gasteiger charge is 2.23. The number of fused-ring (bicyclic) bond motifs is 1. The van der Waals surface area contributed by atoms with Crippen molar-refractivity contribution in [3.05, 3.63) is 59.2 Å². The Morgan fingerprint density at radius 1 is 1.08 bits per heavy atom. The number of carbonyl (C=O) groups is 3. The molecule has 0 saturated carbocycles. The fraction of sp³-hybridized carbons (Fsp3) is 0.250. The van der Waals surface area contributed by atoms with Crippen molar-refractivity contribution in [2.24, 2.45) is 0 Å². The summed E-state index contributed by atoms with van der Waals surface area (Å²) in [5, 5.41) is 2.86. The quantitative estimate of drug-likeness (QED) is 0.858. The van der Waals surface area contributed by atoms with Crippen LogP contribution in [0.25, 0.3) is 0 Å². The molecule has 2 amide bonds. The zero-order valence-corrected chi connectivity index (χ0v) is 14.7. The van der Waals surface area contributed by atoms with E-state index < -0.39 is 5.97 Å². The number of esters is 1. The highest BCUT2D eigenvalue weighted by molar-refractivity contribution is 6.05. The van der Waals surface area contributed by atoms with Gasteiger partial charge in [-0.15, -0.1) is 0 Å². The van der Waals surface area contributed by atoms with Gasteiger partial charge in [0.15, 0.2) is 0 Å². The highest BCUT2D eigenvalue weighted by atomic mass is 16.5. The number of nitrogens with zero attached hydrogens (tertiary/aromatic N) is 1. The first-order chi connectivity index (χ1) is 12.5. The minimum absolute atomic E-state index is 0.127. The third-order valence-corrected chi connectivity index (χ3v) is 4.42. The third-order valence-electron chi connectivity index (χ3n) is 4.42. The molecule has 1 aliphatic heterocycles. The molecule has 0 atom stereocenters. The van der Waals surface area contributed by atoms with E-state index in [1.165, 1.54) is 7.11 Å². The van der Waals surface area contributed by atoms with Crippen LogP contribution in [0.4, 0.5) is 11.4 Å². The number of methoxy groups -OCH3 is 1. The Morgan fingerprint density at radius 2 is 1.77 bits per heavy atom. The fourth-order valence-corrected chi connectivity index (χ4v) is 3.06. The molecule has 134 valence electrons. The van der Waals surface area contributed by atoms with Gasteiger partial charge < -0.3 is 15.0 Å². The standard InChI is InChI=1S/C20H20N2O4/c1-3-22-17-10-9-16(12-15(17)8-11-18(22)23)21-19(24)13-4-6-14(7-5-13)20(25)26-2/h4-7,9-10,12H,3,8,11H2,1-2H3,(H,21,24). The fourth-order valence-electron chi connectivity index (χ4n) is 3.06. The molecular formula is C20H20N2O4. The van der Waals surface area contributed by atoms with E-state index in [4.69, 9.17) is 0 Å². The van der Waals surface area contributed by atoms with Gasteiger partial charge in [-0.3, -0.25) is 9.59 Å². The number of nitrogens with one attached hydrogen (secondary N) is 1. The predicted octanol–water partition coefficient (Wildman–Crippen LogP) is 3.02. The Balaban J connectivity index is 1.76. The topological polar surface area (TPSA) is 75.7 Å². The molecule has 0 unspecified atom stereocenters. The summed E-state index contributed by atoms with van der Waals surface area (Å²) < 4.78 is 4.64. The molecule has 26 heavy (non-hydrogen) atoms. The molecule has 2 aromatic rings. The lowest BCUT2D eigenvalue weighted by Crippen LogP contribution is -2.34. The Labute approximate surface area is 151 Å². The van der Waals surface area contributed by atoms with Crippen LogP contribution in [0, 0.1) is 0 Å². The van der Waals surface area contributed by atoms with Gasteiger partial charge in [0.2, 0.25) is 5.91 Å². The second-order valence-electron chi connectivity index (χ2n) is 6.00. The summed E-state index contributed by atoms with van der Waals surface area (Å²) in [6.07, 6.45) is 1.15. The average Bonchev–Trinajstić information content (AvgIpc) is 2.67. The predicted molar refractivity (Wildman–Crippen MR) is 98.5 cm³/mol. The minimum Gasteiger partial charge on any atom is -0.465 e. The highest BCUT2D eigenvalue weighted by Crippen LogP contribution is 2.30. The SMILES string of the molecule is CCN1C(=O)CCc2cc(NC(=O)c3ccc(C(=O)OC)cc3)ccc21. The van der Waals surface area contributed by atoms with Crippen molar-refractivity contribution >= 4 is 29.2 Å². The maximum atomic E-state index is 12.4. The number of hydrogen-bond donors (Lipinski definition) is 1. The van der Waals surface area contributed by atoms with Crippen molar-refractivity contribution in [1.82, 2.24) is 0 Å². The Morgan fingerprint density at radius 3 is 2.42 bits per heavy atom. The molecule has 0 aromatic heterocycles. The van der Waals surface area contributed by atoms with Crippen LogP contribution in [0.2, 0.25) is 0 Å². The number of carbonyl (C=O) groups excluding carboxylic acids is 3. The number of rotatable bonds is 4. The molecule has 2 aromatic carbocycles. The number of aryl methyl sites for hydroxylation is 1. The summed E-state index contributed by atoms with van der Waals surface area (Å²) in [5.41, 5.74) is 3.47. The molecule has 0 radical (unpaired) electrons. The lowest BCUT2D eigenvalue weighted by Gasteiger charge is -2.28. The monoisotopic (exact) mass is 352 g/mol. The van der Waals surface area contributed by atoms with Gasteiger partial charge in [0.1, 0.15) is 0 Å². The van der Waals surface area contributed by atoms with Gasteiger partial charge >= 0.3 is 5.97 Å². The summed E-state index contributed by atoms with van der Waals surface area (Å²) in [5.74, 6) is -0.579. The molecule has 3 rings (SSSR count). The van der Waals surface area contributed by atoms with Gasteiger partial charge in [-0.25, -0.2) is 4.79 Å². The molecule has 1 heterocycles. The molecule has 0 spiro atoms. The summed E-state index contributed by atoms with van der Waals surface area (Å²) in [4.78, 5) is 37.6. The molecule has 1 aliphatic rings. The maximum Gasteiger partial charge on any atom is 0.337 e. The minimum atomic E-state index is -0.443. The van der Waals surface area contributed by atoms with E-state index in [9.17, 15) is 14.4 Å². The van der Waals surface area contributed by atoms with Crippen LogP contribution in [-0.2, 0) is 16.0 Å². The van der Waals surface area contributed by atoms with Crippen molar-refractivity contribution in [3.8, 4) is 0 Å². The first-order valence-corrected chi connectivity index (χ1v) is 8.46. The largest absolute Gasteiger partial charge is 0.465 e. The normalized spacial score (nSPS) is 13.2. The molecule has 1 N–H and O–H groups in total. The van der Waals surface area contributed by atoms with Gasteiger partial charge in [0, 0.05) is 29.9 Å². The molecule has 0 bridgehead atoms. The number of hydrogen-bond acceptors (Lipinski definition) is 4. The van der Waals surface area contributed by atoms with Crippen LogP contribution in [0.15, 0.2) is 42.5 Å². The van der Waals surface area contributed by atoms with Crippen molar-refractivity contribution < 1.29 is 19.1 Å². The third kappa shape index (κ3) is 3.44. The van der Waals surface area contributed by atoms with E-state index in [1.54, 1.807) is 35.2 Å². The number of benzene rings is 2. The van der Waals surface area contributed by atoms with Crippen molar-refractivity contribution in [2.75, 3.05) is 23.9 Å². The molecule has 6 heteroatoms. The van der Waals surface area contributed by atoms with Crippen LogP contribution in [0.3, 0.4) is 0 Å². The van der Waals surface area contributed by atoms with Crippen LogP contribution < -0.4 is 10.2 Å². The molecule has 0 fully saturated rings. The van der Waals surface area contributed by atoms with Crippen LogP contribution in [-0.4, -0.2) is 31.4 Å². The summed E-state index contributed by atoms with van der Waals surface area (Å²) >= 11 is 0. The Hall–Kier alpha value is -3.15. The average molecular weight is 352 g/mol. The Bertz CT molecular complexity index is 859. The molecule has 6 nitrogen and oxygen atoms in total. The van der Waals surface area contributed by atoms with Crippen molar-refractivity contribution in [1.29, 1.82) is 0 Å². The number of amides is 2. The molecule has 0 aliphatic carbocycles. The summed E-state index contributed by atoms with van der Waals surface area (Å²) in [6.45, 7) is 2.57. The van der Waals surface area contributed by atoms with E-state index in [0.29, 0.717) is 36.2 Å². The van der Waals surface area contributed by atoms with Gasteiger partial charge in [-0.2, -0.15) is 0 Å². The first kappa shape index (κ1) is 17.7. The van der Waals surface area contributed by atoms with E-state index in [0.717, 1.165) is 11.3 Å². The van der Waals surface area contributed by atoms with E-state index in [1.807, 2.05) is 19.1 Å². The first-order valence-electron chi connectivity index (χ1n) is 8.46. The van der Waals surface area contributed by atoms with E-state index in [2.05, 4.69) is 10.1 Å². The van der Waals surface area contributed by atoms with Gasteiger partial charge in [-0.1, -0.05) is 0 Å². The maximum absolute atomic E-state index is 12.4. The second kappa shape index (κ2) is 7.39. The van der Waals surface area contributed by atoms with Gasteiger partial charge in [-0.05, 0) is 61.4 Å². The number of anilines is 2. The molecular weight excluding hydrogens is 332 g/mol. The molecule has 0 saturated heterocycles. The van der Waals surface area contributed by atoms with Gasteiger partial charge in [0.25, 0.3) is 5.91 Å². The lowest BCUT2D eigenvalue weighted by molar-refractivity contribution is -0.118. The Kier molecular flexibility index (Phi) is 5.02. The lowest BCUT2D eigenvalue weighted by atomic mass is 10.0. The summed E-state index contributed by atoms with van der Waals surface area (Å²) in [6, 6.07) is 11.8. The van der Waals surface area contributed by atoms with Crippen LogP contribution in [0.5, 0.6) is 0 Å². The zero-order chi connectivity index (χ0) is 18.7. The van der Waals surface area contributed by atoms with Crippen LogP contribution in [0.1, 0.15) is 39.6 Å². The van der Waals surface area contributed by atoms with E-state index >= 15 is 0 Å².